The maximum Gasteiger partial charge on any atom is 0.166 e. The van der Waals surface area contributed by atoms with E-state index in [4.69, 9.17) is 0 Å². The molecule has 0 aliphatic rings. The maximum atomic E-state index is 13.5. The van der Waals surface area contributed by atoms with Crippen molar-refractivity contribution in [3.05, 3.63) is 59.7 Å². The van der Waals surface area contributed by atoms with E-state index in [1.165, 1.54) is 6.07 Å². The molecule has 0 nitrogen and oxygen atoms in total. The van der Waals surface area contributed by atoms with Gasteiger partial charge in [-0.2, -0.15) is 0 Å². The van der Waals surface area contributed by atoms with Crippen LogP contribution in [0.5, 0.6) is 0 Å². The Bertz CT molecular complexity index is 490. The Morgan fingerprint density at radius 1 is 1.00 bits per heavy atom. The number of rotatable bonds is 1. The highest BCUT2D eigenvalue weighted by molar-refractivity contribution is 5.67. The van der Waals surface area contributed by atoms with Crippen LogP contribution in [0.25, 0.3) is 11.1 Å². The highest BCUT2D eigenvalue weighted by Gasteiger charge is 2.10. The highest BCUT2D eigenvalue weighted by Crippen LogP contribution is 2.26. The Balaban J connectivity index is 2.65. The minimum Gasteiger partial charge on any atom is -0.204 e. The molecule has 0 N–H and O–H groups in total. The molecule has 1 radical (unpaired) electrons. The minimum absolute atomic E-state index is 0.282. The van der Waals surface area contributed by atoms with Gasteiger partial charge < -0.3 is 0 Å². The molecule has 0 aliphatic heterocycles. The van der Waals surface area contributed by atoms with Crippen molar-refractivity contribution in [3.63, 3.8) is 0 Å². The molecule has 2 aromatic carbocycles. The summed E-state index contributed by atoms with van der Waals surface area (Å²) in [7, 11) is 0. The van der Waals surface area contributed by atoms with E-state index in [0.717, 1.165) is 11.6 Å². The van der Waals surface area contributed by atoms with Gasteiger partial charge in [-0.25, -0.2) is 8.78 Å². The Kier molecular flexibility index (Phi) is 2.50. The summed E-state index contributed by atoms with van der Waals surface area (Å²) in [6.07, 6.45) is 0. The molecule has 0 bridgehead atoms. The van der Waals surface area contributed by atoms with Gasteiger partial charge in [-0.1, -0.05) is 30.3 Å². The van der Waals surface area contributed by atoms with Gasteiger partial charge in [-0.05, 0) is 30.2 Å². The summed E-state index contributed by atoms with van der Waals surface area (Å²) < 4.78 is 26.5. The SMILES string of the molecule is Cc1[c]cccc1-c1cccc(F)c1F. The van der Waals surface area contributed by atoms with Gasteiger partial charge in [0, 0.05) is 5.56 Å². The Morgan fingerprint density at radius 3 is 2.47 bits per heavy atom. The van der Waals surface area contributed by atoms with E-state index < -0.39 is 11.6 Å². The zero-order chi connectivity index (χ0) is 10.8. The van der Waals surface area contributed by atoms with Crippen molar-refractivity contribution in [1.82, 2.24) is 0 Å². The molecule has 15 heavy (non-hydrogen) atoms. The summed E-state index contributed by atoms with van der Waals surface area (Å²) in [4.78, 5) is 0. The first-order chi connectivity index (χ1) is 7.20. The normalized spacial score (nSPS) is 10.3. The number of benzene rings is 2. The minimum atomic E-state index is -0.823. The van der Waals surface area contributed by atoms with Gasteiger partial charge in [0.15, 0.2) is 11.6 Å². The number of hydrogen-bond donors (Lipinski definition) is 0. The number of hydrogen-bond acceptors (Lipinski definition) is 0. The van der Waals surface area contributed by atoms with Crippen LogP contribution in [0, 0.1) is 24.6 Å². The molecule has 0 spiro atoms. The molecule has 2 heteroatoms. The molecule has 0 aromatic heterocycles. The number of halogens is 2. The van der Waals surface area contributed by atoms with E-state index in [0.29, 0.717) is 5.56 Å². The van der Waals surface area contributed by atoms with Crippen LogP contribution in [-0.4, -0.2) is 0 Å². The molecule has 0 amide bonds. The summed E-state index contributed by atoms with van der Waals surface area (Å²) in [6, 6.07) is 12.4. The van der Waals surface area contributed by atoms with Crippen molar-refractivity contribution in [3.8, 4) is 11.1 Å². The van der Waals surface area contributed by atoms with Gasteiger partial charge >= 0.3 is 0 Å². The van der Waals surface area contributed by atoms with Crippen molar-refractivity contribution in [2.24, 2.45) is 0 Å². The van der Waals surface area contributed by atoms with E-state index in [2.05, 4.69) is 6.07 Å². The molecule has 2 aromatic rings. The van der Waals surface area contributed by atoms with Gasteiger partial charge in [-0.3, -0.25) is 0 Å². The maximum absolute atomic E-state index is 13.5. The van der Waals surface area contributed by atoms with Crippen LogP contribution < -0.4 is 0 Å². The van der Waals surface area contributed by atoms with Crippen LogP contribution in [0.15, 0.2) is 36.4 Å². The third-order valence-corrected chi connectivity index (χ3v) is 2.30. The lowest BCUT2D eigenvalue weighted by atomic mass is 10.0. The van der Waals surface area contributed by atoms with E-state index in [9.17, 15) is 8.78 Å². The summed E-state index contributed by atoms with van der Waals surface area (Å²) in [6.45, 7) is 1.82. The smallest absolute Gasteiger partial charge is 0.166 e. The van der Waals surface area contributed by atoms with Crippen LogP contribution in [0.1, 0.15) is 5.56 Å². The van der Waals surface area contributed by atoms with E-state index in [-0.39, 0.29) is 5.56 Å². The van der Waals surface area contributed by atoms with Gasteiger partial charge in [0.05, 0.1) is 0 Å². The average molecular weight is 203 g/mol. The first kappa shape index (κ1) is 9.84. The summed E-state index contributed by atoms with van der Waals surface area (Å²) >= 11 is 0. The van der Waals surface area contributed by atoms with Gasteiger partial charge in [0.2, 0.25) is 0 Å². The Morgan fingerprint density at radius 2 is 1.73 bits per heavy atom. The monoisotopic (exact) mass is 203 g/mol. The van der Waals surface area contributed by atoms with Gasteiger partial charge in [0.25, 0.3) is 0 Å². The van der Waals surface area contributed by atoms with Crippen molar-refractivity contribution < 1.29 is 8.78 Å². The molecular formula is C13H9F2. The average Bonchev–Trinajstić information content (AvgIpc) is 2.23. The van der Waals surface area contributed by atoms with Crippen LogP contribution in [-0.2, 0) is 0 Å². The molecule has 0 saturated carbocycles. The molecule has 0 unspecified atom stereocenters. The fraction of sp³-hybridized carbons (Fsp3) is 0.0769. The second-order valence-corrected chi connectivity index (χ2v) is 3.31. The van der Waals surface area contributed by atoms with Crippen LogP contribution >= 0.6 is 0 Å². The largest absolute Gasteiger partial charge is 0.204 e. The Labute approximate surface area is 87.2 Å². The summed E-state index contributed by atoms with van der Waals surface area (Å²) in [5.41, 5.74) is 1.76. The van der Waals surface area contributed by atoms with Crippen molar-refractivity contribution in [1.29, 1.82) is 0 Å². The van der Waals surface area contributed by atoms with Gasteiger partial charge in [0.1, 0.15) is 0 Å². The van der Waals surface area contributed by atoms with Crippen LogP contribution in [0.4, 0.5) is 8.78 Å². The zero-order valence-electron chi connectivity index (χ0n) is 8.22. The van der Waals surface area contributed by atoms with E-state index in [1.807, 2.05) is 6.92 Å². The molecule has 2 rings (SSSR count). The molecule has 0 heterocycles. The lowest BCUT2D eigenvalue weighted by Crippen LogP contribution is -1.90. The summed E-state index contributed by atoms with van der Waals surface area (Å²) in [5, 5.41) is 0. The quantitative estimate of drug-likeness (QED) is 0.662. The second-order valence-electron chi connectivity index (χ2n) is 3.31. The van der Waals surface area contributed by atoms with Crippen LogP contribution in [0.2, 0.25) is 0 Å². The van der Waals surface area contributed by atoms with Gasteiger partial charge in [-0.15, -0.1) is 0 Å². The fourth-order valence-electron chi connectivity index (χ4n) is 1.52. The highest BCUT2D eigenvalue weighted by atomic mass is 19.2. The molecule has 0 aliphatic carbocycles. The first-order valence-electron chi connectivity index (χ1n) is 4.62. The molecule has 0 fully saturated rings. The van der Waals surface area contributed by atoms with Crippen molar-refractivity contribution in [2.75, 3.05) is 0 Å². The predicted octanol–water partition coefficient (Wildman–Crippen LogP) is 3.74. The number of aryl methyl sites for hydroxylation is 1. The molecular weight excluding hydrogens is 194 g/mol. The molecule has 75 valence electrons. The lowest BCUT2D eigenvalue weighted by molar-refractivity contribution is 0.511. The standard InChI is InChI=1S/C13H9F2/c1-9-5-2-3-6-10(9)11-7-4-8-12(14)13(11)15/h2-4,6-8H,1H3. The third-order valence-electron chi connectivity index (χ3n) is 2.30. The third kappa shape index (κ3) is 1.75. The van der Waals surface area contributed by atoms with E-state index >= 15 is 0 Å². The predicted molar refractivity (Wildman–Crippen MR) is 55.4 cm³/mol. The Hall–Kier alpha value is -1.70. The zero-order valence-corrected chi connectivity index (χ0v) is 8.22. The summed E-state index contributed by atoms with van der Waals surface area (Å²) in [5.74, 6) is -1.63. The topological polar surface area (TPSA) is 0 Å². The van der Waals surface area contributed by atoms with Crippen LogP contribution in [0.3, 0.4) is 0 Å². The first-order valence-corrected chi connectivity index (χ1v) is 4.62. The second kappa shape index (κ2) is 3.81. The lowest BCUT2D eigenvalue weighted by Gasteiger charge is -2.06. The molecule has 0 saturated heterocycles. The fourth-order valence-corrected chi connectivity index (χ4v) is 1.52. The van der Waals surface area contributed by atoms with E-state index in [1.54, 1.807) is 24.3 Å². The van der Waals surface area contributed by atoms with Crippen molar-refractivity contribution in [2.45, 2.75) is 6.92 Å². The molecule has 0 atom stereocenters. The van der Waals surface area contributed by atoms with Crippen molar-refractivity contribution >= 4 is 0 Å².